The molecule has 8 nitrogen and oxygen atoms in total. The lowest BCUT2D eigenvalue weighted by Gasteiger charge is -2.14. The molecule has 0 bridgehead atoms. The zero-order valence-corrected chi connectivity index (χ0v) is 10.6. The van der Waals surface area contributed by atoms with Gasteiger partial charge >= 0.3 is 0 Å². The number of carbonyl (C=O) groups excluding carboxylic acids is 2. The molecule has 0 radical (unpaired) electrons. The van der Waals surface area contributed by atoms with Crippen molar-refractivity contribution in [2.24, 2.45) is 5.73 Å². The summed E-state index contributed by atoms with van der Waals surface area (Å²) in [5.74, 6) is -0.373. The standard InChI is InChI=1S/C11H18N6O2/c12-5-8-6-17(16-15-8)7-10(18)14-9-3-1-2-4-13-11(9)19/h6,9H,1-5,7,12H2,(H,13,19)(H,14,18). The molecule has 1 aliphatic rings. The van der Waals surface area contributed by atoms with E-state index in [1.54, 1.807) is 6.20 Å². The van der Waals surface area contributed by atoms with Crippen LogP contribution in [0.2, 0.25) is 0 Å². The Hall–Kier alpha value is -1.96. The van der Waals surface area contributed by atoms with Crippen molar-refractivity contribution >= 4 is 11.8 Å². The maximum absolute atomic E-state index is 11.8. The molecule has 8 heteroatoms. The van der Waals surface area contributed by atoms with Crippen LogP contribution in [-0.2, 0) is 22.7 Å². The molecular weight excluding hydrogens is 248 g/mol. The first kappa shape index (κ1) is 13.5. The minimum atomic E-state index is -0.451. The predicted molar refractivity (Wildman–Crippen MR) is 66.7 cm³/mol. The van der Waals surface area contributed by atoms with E-state index >= 15 is 0 Å². The Labute approximate surface area is 110 Å². The van der Waals surface area contributed by atoms with E-state index in [1.807, 2.05) is 0 Å². The fourth-order valence-electron chi connectivity index (χ4n) is 1.97. The van der Waals surface area contributed by atoms with Crippen molar-refractivity contribution in [1.29, 1.82) is 0 Å². The SMILES string of the molecule is NCc1cn(CC(=O)NC2CCCCNC2=O)nn1. The number of nitrogens with zero attached hydrogens (tertiary/aromatic N) is 3. The van der Waals surface area contributed by atoms with E-state index in [9.17, 15) is 9.59 Å². The smallest absolute Gasteiger partial charge is 0.242 e. The van der Waals surface area contributed by atoms with E-state index in [0.29, 0.717) is 18.7 Å². The van der Waals surface area contributed by atoms with E-state index in [0.717, 1.165) is 12.8 Å². The minimum Gasteiger partial charge on any atom is -0.354 e. The van der Waals surface area contributed by atoms with Crippen LogP contribution in [0.25, 0.3) is 0 Å². The number of nitrogens with one attached hydrogen (secondary N) is 2. The highest BCUT2D eigenvalue weighted by Crippen LogP contribution is 2.05. The molecule has 2 rings (SSSR count). The van der Waals surface area contributed by atoms with Gasteiger partial charge in [0.1, 0.15) is 12.6 Å². The van der Waals surface area contributed by atoms with E-state index in [4.69, 9.17) is 5.73 Å². The first-order chi connectivity index (χ1) is 9.19. The first-order valence-corrected chi connectivity index (χ1v) is 6.35. The van der Waals surface area contributed by atoms with Crippen molar-refractivity contribution in [3.63, 3.8) is 0 Å². The van der Waals surface area contributed by atoms with Crippen LogP contribution in [0.5, 0.6) is 0 Å². The van der Waals surface area contributed by atoms with Crippen LogP contribution in [0.3, 0.4) is 0 Å². The fraction of sp³-hybridized carbons (Fsp3) is 0.636. The highest BCUT2D eigenvalue weighted by atomic mass is 16.2. The van der Waals surface area contributed by atoms with E-state index in [2.05, 4.69) is 20.9 Å². The Morgan fingerprint density at radius 1 is 1.58 bits per heavy atom. The van der Waals surface area contributed by atoms with Gasteiger partial charge < -0.3 is 16.4 Å². The average molecular weight is 266 g/mol. The first-order valence-electron chi connectivity index (χ1n) is 6.35. The quantitative estimate of drug-likeness (QED) is 0.615. The molecule has 104 valence electrons. The summed E-state index contributed by atoms with van der Waals surface area (Å²) < 4.78 is 1.41. The molecule has 0 spiro atoms. The van der Waals surface area contributed by atoms with Crippen LogP contribution in [0.1, 0.15) is 25.0 Å². The second-order valence-electron chi connectivity index (χ2n) is 4.52. The molecular formula is C11H18N6O2. The van der Waals surface area contributed by atoms with Gasteiger partial charge in [0.2, 0.25) is 11.8 Å². The molecule has 0 saturated carbocycles. The molecule has 1 saturated heterocycles. The zero-order valence-electron chi connectivity index (χ0n) is 10.6. The fourth-order valence-corrected chi connectivity index (χ4v) is 1.97. The highest BCUT2D eigenvalue weighted by molar-refractivity contribution is 5.87. The summed E-state index contributed by atoms with van der Waals surface area (Å²) >= 11 is 0. The molecule has 1 aliphatic heterocycles. The lowest BCUT2D eigenvalue weighted by molar-refractivity contribution is -0.129. The Balaban J connectivity index is 1.87. The van der Waals surface area contributed by atoms with Gasteiger partial charge in [0.25, 0.3) is 0 Å². The van der Waals surface area contributed by atoms with Crippen molar-refractivity contribution < 1.29 is 9.59 Å². The number of carbonyl (C=O) groups is 2. The van der Waals surface area contributed by atoms with Crippen molar-refractivity contribution in [1.82, 2.24) is 25.6 Å². The van der Waals surface area contributed by atoms with E-state index in [-0.39, 0.29) is 24.9 Å². The van der Waals surface area contributed by atoms with Gasteiger partial charge in [0.05, 0.1) is 11.9 Å². The van der Waals surface area contributed by atoms with Crippen LogP contribution in [0.4, 0.5) is 0 Å². The zero-order chi connectivity index (χ0) is 13.7. The summed E-state index contributed by atoms with van der Waals surface area (Å²) in [5, 5.41) is 13.1. The summed E-state index contributed by atoms with van der Waals surface area (Å²) in [6.07, 6.45) is 4.15. The van der Waals surface area contributed by atoms with E-state index < -0.39 is 6.04 Å². The van der Waals surface area contributed by atoms with Crippen LogP contribution < -0.4 is 16.4 Å². The Kier molecular flexibility index (Phi) is 4.45. The molecule has 1 unspecified atom stereocenters. The van der Waals surface area contributed by atoms with Crippen molar-refractivity contribution in [3.05, 3.63) is 11.9 Å². The van der Waals surface area contributed by atoms with Gasteiger partial charge in [-0.3, -0.25) is 9.59 Å². The summed E-state index contributed by atoms with van der Waals surface area (Å²) in [5.41, 5.74) is 6.03. The van der Waals surface area contributed by atoms with Crippen molar-refractivity contribution in [2.75, 3.05) is 6.54 Å². The Morgan fingerprint density at radius 3 is 3.16 bits per heavy atom. The molecule has 0 aliphatic carbocycles. The molecule has 0 aromatic carbocycles. The summed E-state index contributed by atoms with van der Waals surface area (Å²) in [4.78, 5) is 23.5. The topological polar surface area (TPSA) is 115 Å². The molecule has 2 amide bonds. The van der Waals surface area contributed by atoms with Crippen molar-refractivity contribution in [3.8, 4) is 0 Å². The summed E-state index contributed by atoms with van der Waals surface area (Å²) in [7, 11) is 0. The predicted octanol–water partition coefficient (Wildman–Crippen LogP) is -1.48. The summed E-state index contributed by atoms with van der Waals surface area (Å²) in [6.45, 7) is 0.998. The lowest BCUT2D eigenvalue weighted by Crippen LogP contribution is -2.46. The maximum Gasteiger partial charge on any atom is 0.242 e. The molecule has 1 aromatic heterocycles. The number of hydrogen-bond acceptors (Lipinski definition) is 5. The third kappa shape index (κ3) is 3.75. The Morgan fingerprint density at radius 2 is 2.42 bits per heavy atom. The van der Waals surface area contributed by atoms with Crippen LogP contribution in [0, 0.1) is 0 Å². The minimum absolute atomic E-state index is 0.0385. The van der Waals surface area contributed by atoms with Gasteiger partial charge in [-0.25, -0.2) is 4.68 Å². The second kappa shape index (κ2) is 6.28. The highest BCUT2D eigenvalue weighted by Gasteiger charge is 2.22. The van der Waals surface area contributed by atoms with E-state index in [1.165, 1.54) is 4.68 Å². The summed E-state index contributed by atoms with van der Waals surface area (Å²) in [6, 6.07) is -0.451. The molecule has 19 heavy (non-hydrogen) atoms. The number of nitrogens with two attached hydrogens (primary N) is 1. The number of aromatic nitrogens is 3. The normalized spacial score (nSPS) is 19.6. The van der Waals surface area contributed by atoms with Gasteiger partial charge in [-0.15, -0.1) is 5.10 Å². The van der Waals surface area contributed by atoms with Gasteiger partial charge in [-0.1, -0.05) is 5.21 Å². The van der Waals surface area contributed by atoms with Crippen molar-refractivity contribution in [2.45, 2.75) is 38.4 Å². The lowest BCUT2D eigenvalue weighted by atomic mass is 10.1. The molecule has 2 heterocycles. The third-order valence-corrected chi connectivity index (χ3v) is 2.97. The van der Waals surface area contributed by atoms with Crippen LogP contribution >= 0.6 is 0 Å². The molecule has 1 aromatic rings. The second-order valence-corrected chi connectivity index (χ2v) is 4.52. The molecule has 1 atom stereocenters. The number of amides is 2. The largest absolute Gasteiger partial charge is 0.354 e. The van der Waals surface area contributed by atoms with Gasteiger partial charge in [-0.05, 0) is 19.3 Å². The molecule has 4 N–H and O–H groups in total. The monoisotopic (exact) mass is 266 g/mol. The third-order valence-electron chi connectivity index (χ3n) is 2.97. The maximum atomic E-state index is 11.8. The van der Waals surface area contributed by atoms with Gasteiger partial charge in [0.15, 0.2) is 0 Å². The average Bonchev–Trinajstić information content (AvgIpc) is 2.74. The number of rotatable bonds is 4. The van der Waals surface area contributed by atoms with Crippen LogP contribution in [-0.4, -0.2) is 39.4 Å². The Bertz CT molecular complexity index is 458. The van der Waals surface area contributed by atoms with Gasteiger partial charge in [-0.2, -0.15) is 0 Å². The van der Waals surface area contributed by atoms with Gasteiger partial charge in [0, 0.05) is 13.1 Å². The number of hydrogen-bond donors (Lipinski definition) is 3. The molecule has 1 fully saturated rings. The van der Waals surface area contributed by atoms with Crippen LogP contribution in [0.15, 0.2) is 6.20 Å².